The topological polar surface area (TPSA) is 84.6 Å². The van der Waals surface area contributed by atoms with Crippen LogP contribution in [0.3, 0.4) is 0 Å². The van der Waals surface area contributed by atoms with Gasteiger partial charge in [-0.25, -0.2) is 0 Å². The number of rotatable bonds is 8. The molecule has 0 unspecified atom stereocenters. The van der Waals surface area contributed by atoms with Crippen molar-refractivity contribution in [3.05, 3.63) is 41.0 Å². The lowest BCUT2D eigenvalue weighted by Gasteiger charge is -2.15. The van der Waals surface area contributed by atoms with Crippen LogP contribution in [0.2, 0.25) is 0 Å². The van der Waals surface area contributed by atoms with Gasteiger partial charge in [-0.2, -0.15) is 4.98 Å². The number of ether oxygens (including phenoxy) is 1. The van der Waals surface area contributed by atoms with Gasteiger partial charge in [0.25, 0.3) is 0 Å². The van der Waals surface area contributed by atoms with Crippen molar-refractivity contribution in [2.75, 3.05) is 13.7 Å². The Kier molecular flexibility index (Phi) is 7.44. The molecule has 0 atom stereocenters. The standard InChI is InChI=1S/C19H29N5O2/c1-13(2)8-9-25-17-10-14(3)6-7-16(17)11-21-19(20-5)22-12-18-23-15(4)24-26-18/h6-7,10,13H,8-9,11-12H2,1-5H3,(H2,20,21,22). The van der Waals surface area contributed by atoms with E-state index in [2.05, 4.69) is 64.7 Å². The SMILES string of the molecule is CN=C(NCc1nc(C)no1)NCc1ccc(C)cc1OCCC(C)C. The fourth-order valence-electron chi connectivity index (χ4n) is 2.32. The number of aryl methyl sites for hydroxylation is 2. The first-order valence-corrected chi connectivity index (χ1v) is 8.94. The number of aromatic nitrogens is 2. The molecule has 1 aromatic heterocycles. The van der Waals surface area contributed by atoms with Gasteiger partial charge in [-0.1, -0.05) is 31.1 Å². The van der Waals surface area contributed by atoms with Crippen LogP contribution in [-0.2, 0) is 13.1 Å². The number of benzene rings is 1. The van der Waals surface area contributed by atoms with Gasteiger partial charge < -0.3 is 19.9 Å². The van der Waals surface area contributed by atoms with Gasteiger partial charge in [0.1, 0.15) is 5.75 Å². The van der Waals surface area contributed by atoms with E-state index in [1.807, 2.05) is 0 Å². The lowest BCUT2D eigenvalue weighted by atomic mass is 10.1. The summed E-state index contributed by atoms with van der Waals surface area (Å²) >= 11 is 0. The minimum Gasteiger partial charge on any atom is -0.493 e. The van der Waals surface area contributed by atoms with Gasteiger partial charge in [0.05, 0.1) is 13.2 Å². The van der Waals surface area contributed by atoms with E-state index in [1.54, 1.807) is 14.0 Å². The number of hydrogen-bond donors (Lipinski definition) is 2. The Morgan fingerprint density at radius 2 is 2.00 bits per heavy atom. The van der Waals surface area contributed by atoms with Crippen molar-refractivity contribution in [3.8, 4) is 5.75 Å². The van der Waals surface area contributed by atoms with E-state index in [9.17, 15) is 0 Å². The van der Waals surface area contributed by atoms with E-state index >= 15 is 0 Å². The molecule has 0 saturated heterocycles. The van der Waals surface area contributed by atoms with Crippen LogP contribution >= 0.6 is 0 Å². The number of hydrogen-bond acceptors (Lipinski definition) is 5. The highest BCUT2D eigenvalue weighted by Gasteiger charge is 2.08. The van der Waals surface area contributed by atoms with E-state index in [4.69, 9.17) is 9.26 Å². The third-order valence-corrected chi connectivity index (χ3v) is 3.82. The smallest absolute Gasteiger partial charge is 0.246 e. The Hall–Kier alpha value is -2.57. The molecule has 0 aliphatic carbocycles. The molecule has 7 nitrogen and oxygen atoms in total. The van der Waals surface area contributed by atoms with Crippen molar-refractivity contribution in [1.29, 1.82) is 0 Å². The first-order chi connectivity index (χ1) is 12.5. The number of aliphatic imine (C=N–C) groups is 1. The Balaban J connectivity index is 1.91. The maximum atomic E-state index is 5.99. The van der Waals surface area contributed by atoms with Gasteiger partial charge in [0, 0.05) is 19.2 Å². The summed E-state index contributed by atoms with van der Waals surface area (Å²) in [6, 6.07) is 6.25. The highest BCUT2D eigenvalue weighted by atomic mass is 16.5. The zero-order valence-electron chi connectivity index (χ0n) is 16.3. The largest absolute Gasteiger partial charge is 0.493 e. The van der Waals surface area contributed by atoms with E-state index < -0.39 is 0 Å². The molecule has 26 heavy (non-hydrogen) atoms. The van der Waals surface area contributed by atoms with E-state index in [1.165, 1.54) is 5.56 Å². The normalized spacial score (nSPS) is 11.7. The third kappa shape index (κ3) is 6.38. The molecule has 0 saturated carbocycles. The molecule has 0 fully saturated rings. The van der Waals surface area contributed by atoms with Crippen molar-refractivity contribution in [1.82, 2.24) is 20.8 Å². The molecule has 0 amide bonds. The number of nitrogens with one attached hydrogen (secondary N) is 2. The summed E-state index contributed by atoms with van der Waals surface area (Å²) in [5.74, 6) is 3.35. The van der Waals surface area contributed by atoms with Crippen LogP contribution < -0.4 is 15.4 Å². The average molecular weight is 359 g/mol. The second-order valence-electron chi connectivity index (χ2n) is 6.66. The molecule has 2 N–H and O–H groups in total. The molecule has 0 aliphatic heterocycles. The first kappa shape index (κ1) is 19.8. The lowest BCUT2D eigenvalue weighted by molar-refractivity contribution is 0.286. The second kappa shape index (κ2) is 9.79. The minimum absolute atomic E-state index is 0.423. The fourth-order valence-corrected chi connectivity index (χ4v) is 2.32. The van der Waals surface area contributed by atoms with Crippen molar-refractivity contribution in [2.45, 2.75) is 47.2 Å². The molecule has 1 heterocycles. The van der Waals surface area contributed by atoms with Gasteiger partial charge in [0.15, 0.2) is 11.8 Å². The number of nitrogens with zero attached hydrogens (tertiary/aromatic N) is 3. The summed E-state index contributed by atoms with van der Waals surface area (Å²) in [6.45, 7) is 10.0. The summed E-state index contributed by atoms with van der Waals surface area (Å²) in [7, 11) is 1.73. The summed E-state index contributed by atoms with van der Waals surface area (Å²) in [4.78, 5) is 8.39. The highest BCUT2D eigenvalue weighted by Crippen LogP contribution is 2.21. The highest BCUT2D eigenvalue weighted by molar-refractivity contribution is 5.79. The van der Waals surface area contributed by atoms with Crippen molar-refractivity contribution in [2.24, 2.45) is 10.9 Å². The third-order valence-electron chi connectivity index (χ3n) is 3.82. The molecule has 0 radical (unpaired) electrons. The molecule has 2 aromatic rings. The fraction of sp³-hybridized carbons (Fsp3) is 0.526. The lowest BCUT2D eigenvalue weighted by Crippen LogP contribution is -2.36. The maximum absolute atomic E-state index is 5.99. The summed E-state index contributed by atoms with van der Waals surface area (Å²) < 4.78 is 11.1. The molecule has 2 rings (SSSR count). The zero-order chi connectivity index (χ0) is 18.9. The Labute approximate surface area is 155 Å². The van der Waals surface area contributed by atoms with Crippen molar-refractivity contribution < 1.29 is 9.26 Å². The molecule has 0 bridgehead atoms. The van der Waals surface area contributed by atoms with E-state index in [-0.39, 0.29) is 0 Å². The van der Waals surface area contributed by atoms with Crippen LogP contribution in [0.5, 0.6) is 5.75 Å². The first-order valence-electron chi connectivity index (χ1n) is 8.94. The molecule has 1 aromatic carbocycles. The molecule has 0 spiro atoms. The molecule has 142 valence electrons. The van der Waals surface area contributed by atoms with Gasteiger partial charge in [-0.05, 0) is 37.8 Å². The Morgan fingerprint density at radius 1 is 1.23 bits per heavy atom. The zero-order valence-corrected chi connectivity index (χ0v) is 16.3. The van der Waals surface area contributed by atoms with Crippen LogP contribution in [0, 0.1) is 19.8 Å². The molecular weight excluding hydrogens is 330 g/mol. The minimum atomic E-state index is 0.423. The number of guanidine groups is 1. The Bertz CT molecular complexity index is 724. The van der Waals surface area contributed by atoms with Gasteiger partial charge in [0.2, 0.25) is 5.89 Å². The van der Waals surface area contributed by atoms with Gasteiger partial charge >= 0.3 is 0 Å². The average Bonchev–Trinajstić information content (AvgIpc) is 3.01. The van der Waals surface area contributed by atoms with Crippen LogP contribution in [0.25, 0.3) is 0 Å². The van der Waals surface area contributed by atoms with E-state index in [0.29, 0.717) is 36.7 Å². The summed E-state index contributed by atoms with van der Waals surface area (Å²) in [5, 5.41) is 10.2. The van der Waals surface area contributed by atoms with E-state index in [0.717, 1.165) is 24.3 Å². The predicted octanol–water partition coefficient (Wildman–Crippen LogP) is 2.98. The van der Waals surface area contributed by atoms with Gasteiger partial charge in [-0.3, -0.25) is 4.99 Å². The Morgan fingerprint density at radius 3 is 2.65 bits per heavy atom. The summed E-state index contributed by atoms with van der Waals surface area (Å²) in [6.07, 6.45) is 1.04. The van der Waals surface area contributed by atoms with Gasteiger partial charge in [-0.15, -0.1) is 0 Å². The molecule has 0 aliphatic rings. The molecular formula is C19H29N5O2. The molecule has 7 heteroatoms. The van der Waals surface area contributed by atoms with Crippen LogP contribution in [0.4, 0.5) is 0 Å². The van der Waals surface area contributed by atoms with Crippen molar-refractivity contribution in [3.63, 3.8) is 0 Å². The second-order valence-corrected chi connectivity index (χ2v) is 6.66. The summed E-state index contributed by atoms with van der Waals surface area (Å²) in [5.41, 5.74) is 2.28. The monoisotopic (exact) mass is 359 g/mol. The predicted molar refractivity (Wildman–Crippen MR) is 102 cm³/mol. The van der Waals surface area contributed by atoms with Crippen LogP contribution in [0.15, 0.2) is 27.7 Å². The van der Waals surface area contributed by atoms with Crippen LogP contribution in [0.1, 0.15) is 43.1 Å². The van der Waals surface area contributed by atoms with Crippen LogP contribution in [-0.4, -0.2) is 29.8 Å². The van der Waals surface area contributed by atoms with Crippen molar-refractivity contribution >= 4 is 5.96 Å². The quantitative estimate of drug-likeness (QED) is 0.557. The maximum Gasteiger partial charge on any atom is 0.246 e.